The molecule has 29 heavy (non-hydrogen) atoms. The number of rotatable bonds is 8. The second-order valence-electron chi connectivity index (χ2n) is 6.55. The van der Waals surface area contributed by atoms with Crippen molar-refractivity contribution in [2.24, 2.45) is 0 Å². The molecule has 0 fully saturated rings. The highest BCUT2D eigenvalue weighted by atomic mass is 16.5. The first kappa shape index (κ1) is 20.1. The fraction of sp³-hybridized carbons (Fsp3) is 0.174. The normalized spacial score (nSPS) is 10.3. The van der Waals surface area contributed by atoms with Gasteiger partial charge in [-0.15, -0.1) is 0 Å². The molecule has 0 saturated carbocycles. The zero-order chi connectivity index (χ0) is 20.6. The van der Waals surface area contributed by atoms with Crippen molar-refractivity contribution in [3.63, 3.8) is 0 Å². The minimum atomic E-state index is -0.329. The molecule has 0 spiro atoms. The summed E-state index contributed by atoms with van der Waals surface area (Å²) < 4.78 is 5.16. The number of hydrogen-bond donors (Lipinski definition) is 2. The molecule has 0 saturated heterocycles. The standard InChI is InChI=1S/C23H23N3O3/c1-16(27)18-4-3-5-20(14-18)26-23(28)22-15-19(11-13-25-22)24-12-10-17-6-8-21(29-2)9-7-17/h3-9,11,13-15H,10,12H2,1-2H3,(H,24,25)(H,26,28). The van der Waals surface area contributed by atoms with Gasteiger partial charge in [-0.05, 0) is 55.3 Å². The van der Waals surface area contributed by atoms with E-state index in [1.165, 1.54) is 12.5 Å². The van der Waals surface area contributed by atoms with Crippen molar-refractivity contribution in [3.8, 4) is 5.75 Å². The van der Waals surface area contributed by atoms with Gasteiger partial charge in [0.05, 0.1) is 7.11 Å². The Kier molecular flexibility index (Phi) is 6.58. The number of benzene rings is 2. The van der Waals surface area contributed by atoms with Crippen LogP contribution in [-0.4, -0.2) is 30.3 Å². The summed E-state index contributed by atoms with van der Waals surface area (Å²) in [5, 5.41) is 6.09. The van der Waals surface area contributed by atoms with Gasteiger partial charge in [0, 0.05) is 29.7 Å². The first-order valence-corrected chi connectivity index (χ1v) is 9.30. The maximum Gasteiger partial charge on any atom is 0.274 e. The van der Waals surface area contributed by atoms with Crippen LogP contribution < -0.4 is 15.4 Å². The van der Waals surface area contributed by atoms with Gasteiger partial charge in [-0.3, -0.25) is 14.6 Å². The molecule has 148 valence electrons. The summed E-state index contributed by atoms with van der Waals surface area (Å²) in [6.45, 7) is 2.21. The zero-order valence-corrected chi connectivity index (χ0v) is 16.4. The van der Waals surface area contributed by atoms with E-state index in [9.17, 15) is 9.59 Å². The van der Waals surface area contributed by atoms with Crippen molar-refractivity contribution in [2.45, 2.75) is 13.3 Å². The highest BCUT2D eigenvalue weighted by Crippen LogP contribution is 2.15. The highest BCUT2D eigenvalue weighted by Gasteiger charge is 2.10. The lowest BCUT2D eigenvalue weighted by Gasteiger charge is -2.09. The average Bonchev–Trinajstić information content (AvgIpc) is 2.74. The molecule has 0 radical (unpaired) electrons. The molecular weight excluding hydrogens is 366 g/mol. The van der Waals surface area contributed by atoms with E-state index < -0.39 is 0 Å². The van der Waals surface area contributed by atoms with E-state index in [2.05, 4.69) is 15.6 Å². The Morgan fingerprint density at radius 2 is 1.79 bits per heavy atom. The number of amides is 1. The lowest BCUT2D eigenvalue weighted by molar-refractivity contribution is 0.100. The molecule has 6 heteroatoms. The van der Waals surface area contributed by atoms with Crippen LogP contribution in [0.2, 0.25) is 0 Å². The molecule has 2 aromatic carbocycles. The highest BCUT2D eigenvalue weighted by molar-refractivity contribution is 6.04. The monoisotopic (exact) mass is 389 g/mol. The van der Waals surface area contributed by atoms with Crippen molar-refractivity contribution in [3.05, 3.63) is 83.7 Å². The fourth-order valence-electron chi connectivity index (χ4n) is 2.82. The first-order chi connectivity index (χ1) is 14.0. The van der Waals surface area contributed by atoms with Gasteiger partial charge in [0.15, 0.2) is 5.78 Å². The summed E-state index contributed by atoms with van der Waals surface area (Å²) in [6, 6.07) is 18.3. The molecule has 0 aliphatic carbocycles. The number of methoxy groups -OCH3 is 1. The Balaban J connectivity index is 1.58. The Morgan fingerprint density at radius 1 is 1.00 bits per heavy atom. The van der Waals surface area contributed by atoms with E-state index in [-0.39, 0.29) is 11.7 Å². The van der Waals surface area contributed by atoms with Gasteiger partial charge >= 0.3 is 0 Å². The Labute approximate surface area is 169 Å². The van der Waals surface area contributed by atoms with Gasteiger partial charge in [-0.2, -0.15) is 0 Å². The topological polar surface area (TPSA) is 80.3 Å². The molecule has 1 heterocycles. The van der Waals surface area contributed by atoms with Crippen LogP contribution in [0.4, 0.5) is 11.4 Å². The molecule has 0 aliphatic heterocycles. The molecular formula is C23H23N3O3. The molecule has 3 rings (SSSR count). The molecule has 3 aromatic rings. The van der Waals surface area contributed by atoms with Crippen LogP contribution in [0.1, 0.15) is 33.3 Å². The number of ether oxygens (including phenoxy) is 1. The summed E-state index contributed by atoms with van der Waals surface area (Å²) in [5.74, 6) is 0.451. The van der Waals surface area contributed by atoms with Gasteiger partial charge in [0.1, 0.15) is 11.4 Å². The predicted octanol–water partition coefficient (Wildman–Crippen LogP) is 4.20. The van der Waals surface area contributed by atoms with E-state index in [0.717, 1.165) is 24.4 Å². The third-order valence-corrected chi connectivity index (χ3v) is 4.42. The van der Waals surface area contributed by atoms with Crippen LogP contribution in [0.25, 0.3) is 0 Å². The maximum atomic E-state index is 12.5. The average molecular weight is 389 g/mol. The predicted molar refractivity (Wildman–Crippen MR) is 114 cm³/mol. The molecule has 0 aliphatic rings. The fourth-order valence-corrected chi connectivity index (χ4v) is 2.82. The van der Waals surface area contributed by atoms with Crippen LogP contribution in [0.3, 0.4) is 0 Å². The van der Waals surface area contributed by atoms with E-state index >= 15 is 0 Å². The summed E-state index contributed by atoms with van der Waals surface area (Å²) in [7, 11) is 1.65. The third kappa shape index (κ3) is 5.65. The molecule has 1 amide bonds. The summed E-state index contributed by atoms with van der Waals surface area (Å²) in [4.78, 5) is 28.1. The van der Waals surface area contributed by atoms with Crippen LogP contribution in [0.15, 0.2) is 66.9 Å². The number of nitrogens with zero attached hydrogens (tertiary/aromatic N) is 1. The number of Topliss-reactive ketones (excluding diaryl/α,β-unsaturated/α-hetero) is 1. The number of ketones is 1. The lowest BCUT2D eigenvalue weighted by atomic mass is 10.1. The number of aromatic nitrogens is 1. The number of pyridine rings is 1. The van der Waals surface area contributed by atoms with Crippen molar-refractivity contribution in [1.82, 2.24) is 4.98 Å². The van der Waals surface area contributed by atoms with Crippen molar-refractivity contribution in [2.75, 3.05) is 24.3 Å². The van der Waals surface area contributed by atoms with Crippen LogP contribution in [-0.2, 0) is 6.42 Å². The lowest BCUT2D eigenvalue weighted by Crippen LogP contribution is -2.14. The van der Waals surface area contributed by atoms with Gasteiger partial charge in [0.2, 0.25) is 0 Å². The minimum absolute atomic E-state index is 0.0534. The summed E-state index contributed by atoms with van der Waals surface area (Å²) in [6.07, 6.45) is 2.43. The van der Waals surface area contributed by atoms with Crippen LogP contribution >= 0.6 is 0 Å². The molecule has 0 bridgehead atoms. The minimum Gasteiger partial charge on any atom is -0.497 e. The number of anilines is 2. The number of carbonyl (C=O) groups excluding carboxylic acids is 2. The second-order valence-corrected chi connectivity index (χ2v) is 6.55. The van der Waals surface area contributed by atoms with Crippen LogP contribution in [0.5, 0.6) is 5.75 Å². The second kappa shape index (κ2) is 9.50. The molecule has 2 N–H and O–H groups in total. The Morgan fingerprint density at radius 3 is 2.52 bits per heavy atom. The van der Waals surface area contributed by atoms with Gasteiger partial charge in [0.25, 0.3) is 5.91 Å². The Hall–Kier alpha value is -3.67. The molecule has 0 atom stereocenters. The van der Waals surface area contributed by atoms with Crippen LogP contribution in [0, 0.1) is 0 Å². The summed E-state index contributed by atoms with van der Waals surface area (Å²) >= 11 is 0. The van der Waals surface area contributed by atoms with Crippen molar-refractivity contribution < 1.29 is 14.3 Å². The van der Waals surface area contributed by atoms with Gasteiger partial charge in [-0.25, -0.2) is 0 Å². The molecule has 1 aromatic heterocycles. The summed E-state index contributed by atoms with van der Waals surface area (Å²) in [5.41, 5.74) is 3.41. The number of nitrogens with one attached hydrogen (secondary N) is 2. The van der Waals surface area contributed by atoms with E-state index in [1.807, 2.05) is 30.3 Å². The smallest absolute Gasteiger partial charge is 0.274 e. The third-order valence-electron chi connectivity index (χ3n) is 4.42. The van der Waals surface area contributed by atoms with E-state index in [1.54, 1.807) is 43.6 Å². The van der Waals surface area contributed by atoms with Gasteiger partial charge < -0.3 is 15.4 Å². The van der Waals surface area contributed by atoms with Crippen molar-refractivity contribution in [1.29, 1.82) is 0 Å². The zero-order valence-electron chi connectivity index (χ0n) is 16.4. The Bertz CT molecular complexity index is 1000. The van der Waals surface area contributed by atoms with E-state index in [0.29, 0.717) is 16.9 Å². The maximum absolute atomic E-state index is 12.5. The van der Waals surface area contributed by atoms with Gasteiger partial charge in [-0.1, -0.05) is 24.3 Å². The quantitative estimate of drug-likeness (QED) is 0.565. The largest absolute Gasteiger partial charge is 0.497 e. The van der Waals surface area contributed by atoms with E-state index in [4.69, 9.17) is 4.74 Å². The number of carbonyl (C=O) groups is 2. The SMILES string of the molecule is COc1ccc(CCNc2ccnc(C(=O)Nc3cccc(C(C)=O)c3)c2)cc1. The van der Waals surface area contributed by atoms with Crippen molar-refractivity contribution >= 4 is 23.1 Å². The number of hydrogen-bond acceptors (Lipinski definition) is 5. The molecule has 0 unspecified atom stereocenters. The molecule has 6 nitrogen and oxygen atoms in total. The first-order valence-electron chi connectivity index (χ1n) is 9.30.